The highest BCUT2D eigenvalue weighted by Gasteiger charge is 2.10. The van der Waals surface area contributed by atoms with Gasteiger partial charge >= 0.3 is 5.97 Å². The van der Waals surface area contributed by atoms with Crippen molar-refractivity contribution in [2.24, 2.45) is 0 Å². The van der Waals surface area contributed by atoms with Crippen molar-refractivity contribution >= 4 is 16.9 Å². The zero-order chi connectivity index (χ0) is 12.3. The van der Waals surface area contributed by atoms with Crippen LogP contribution in [0, 0.1) is 0 Å². The molecule has 2 aromatic rings. The molecule has 0 aliphatic heterocycles. The molecule has 1 heterocycles. The summed E-state index contributed by atoms with van der Waals surface area (Å²) in [6.45, 7) is 4.65. The minimum atomic E-state index is -0.177. The Hall–Kier alpha value is -1.77. The first-order chi connectivity index (χ1) is 8.26. The zero-order valence-corrected chi connectivity index (χ0v) is 10.3. The summed E-state index contributed by atoms with van der Waals surface area (Å²) in [6.07, 6.45) is 0.911. The molecule has 0 fully saturated rings. The number of aryl methyl sites for hydroxylation is 1. The normalized spacial score (nSPS) is 10.7. The van der Waals surface area contributed by atoms with E-state index >= 15 is 0 Å². The molecular weight excluding hydrogens is 214 g/mol. The summed E-state index contributed by atoms with van der Waals surface area (Å²) in [4.78, 5) is 11.6. The van der Waals surface area contributed by atoms with Gasteiger partial charge in [-0.25, -0.2) is 0 Å². The van der Waals surface area contributed by atoms with Crippen molar-refractivity contribution in [2.45, 2.75) is 26.8 Å². The molecule has 0 N–H and O–H groups in total. The molecule has 17 heavy (non-hydrogen) atoms. The summed E-state index contributed by atoms with van der Waals surface area (Å²) >= 11 is 0. The quantitative estimate of drug-likeness (QED) is 0.758. The van der Waals surface area contributed by atoms with Crippen LogP contribution in [-0.2, 0) is 22.5 Å². The van der Waals surface area contributed by atoms with Crippen LogP contribution in [0.15, 0.2) is 30.3 Å². The van der Waals surface area contributed by atoms with Crippen molar-refractivity contribution in [3.8, 4) is 0 Å². The predicted molar refractivity (Wildman–Crippen MR) is 67.9 cm³/mol. The van der Waals surface area contributed by atoms with Crippen LogP contribution in [-0.4, -0.2) is 17.1 Å². The Labute approximate surface area is 101 Å². The van der Waals surface area contributed by atoms with E-state index in [4.69, 9.17) is 4.74 Å². The van der Waals surface area contributed by atoms with Gasteiger partial charge in [-0.2, -0.15) is 0 Å². The number of nitrogens with zero attached hydrogens (tertiary/aromatic N) is 1. The molecule has 0 spiro atoms. The van der Waals surface area contributed by atoms with E-state index in [-0.39, 0.29) is 5.97 Å². The molecular formula is C14H17NO2. The van der Waals surface area contributed by atoms with Gasteiger partial charge in [0.1, 0.15) is 6.54 Å². The van der Waals surface area contributed by atoms with Gasteiger partial charge in [-0.3, -0.25) is 4.79 Å². The molecule has 90 valence electrons. The number of hydrogen-bond acceptors (Lipinski definition) is 2. The van der Waals surface area contributed by atoms with Crippen molar-refractivity contribution in [3.05, 3.63) is 36.0 Å². The maximum absolute atomic E-state index is 11.6. The lowest BCUT2D eigenvalue weighted by atomic mass is 10.2. The van der Waals surface area contributed by atoms with Gasteiger partial charge in [0.05, 0.1) is 6.61 Å². The Bertz CT molecular complexity index is 528. The van der Waals surface area contributed by atoms with E-state index in [1.54, 1.807) is 0 Å². The Morgan fingerprint density at radius 3 is 2.76 bits per heavy atom. The fourth-order valence-corrected chi connectivity index (χ4v) is 2.08. The molecule has 3 heteroatoms. The molecule has 0 radical (unpaired) electrons. The molecule has 0 unspecified atom stereocenters. The van der Waals surface area contributed by atoms with Gasteiger partial charge in [0.15, 0.2) is 0 Å². The third-order valence-corrected chi connectivity index (χ3v) is 2.85. The van der Waals surface area contributed by atoms with Crippen LogP contribution in [0.25, 0.3) is 10.9 Å². The summed E-state index contributed by atoms with van der Waals surface area (Å²) in [6, 6.07) is 10.2. The van der Waals surface area contributed by atoms with E-state index in [9.17, 15) is 4.79 Å². The number of para-hydroxylation sites is 1. The van der Waals surface area contributed by atoms with E-state index in [1.807, 2.05) is 29.7 Å². The van der Waals surface area contributed by atoms with Gasteiger partial charge in [-0.15, -0.1) is 0 Å². The Morgan fingerprint density at radius 2 is 2.06 bits per heavy atom. The maximum Gasteiger partial charge on any atom is 0.325 e. The van der Waals surface area contributed by atoms with Gasteiger partial charge in [0, 0.05) is 11.2 Å². The maximum atomic E-state index is 11.6. The number of carbonyl (C=O) groups is 1. The van der Waals surface area contributed by atoms with Crippen LogP contribution in [0.3, 0.4) is 0 Å². The number of hydrogen-bond donors (Lipinski definition) is 0. The molecule has 0 saturated carbocycles. The van der Waals surface area contributed by atoms with E-state index < -0.39 is 0 Å². The summed E-state index contributed by atoms with van der Waals surface area (Å²) in [7, 11) is 0. The van der Waals surface area contributed by atoms with Crippen molar-refractivity contribution < 1.29 is 9.53 Å². The Balaban J connectivity index is 2.39. The lowest BCUT2D eigenvalue weighted by Crippen LogP contribution is -2.14. The fourth-order valence-electron chi connectivity index (χ4n) is 2.08. The molecule has 1 aromatic heterocycles. The second-order valence-electron chi connectivity index (χ2n) is 3.94. The van der Waals surface area contributed by atoms with Gasteiger partial charge in [0.25, 0.3) is 0 Å². The first-order valence-corrected chi connectivity index (χ1v) is 5.99. The third-order valence-electron chi connectivity index (χ3n) is 2.85. The van der Waals surface area contributed by atoms with Gasteiger partial charge in [0.2, 0.25) is 0 Å². The van der Waals surface area contributed by atoms with Crippen LogP contribution in [0.5, 0.6) is 0 Å². The van der Waals surface area contributed by atoms with Gasteiger partial charge in [-0.05, 0) is 30.9 Å². The monoisotopic (exact) mass is 231 g/mol. The molecule has 0 aliphatic rings. The molecule has 0 amide bonds. The molecule has 2 rings (SSSR count). The summed E-state index contributed by atoms with van der Waals surface area (Å²) < 4.78 is 7.04. The number of esters is 1. The molecule has 0 aliphatic carbocycles. The van der Waals surface area contributed by atoms with Crippen molar-refractivity contribution in [1.29, 1.82) is 0 Å². The average molecular weight is 231 g/mol. The average Bonchev–Trinajstić information content (AvgIpc) is 2.68. The van der Waals surface area contributed by atoms with E-state index in [0.717, 1.165) is 11.9 Å². The molecule has 0 atom stereocenters. The van der Waals surface area contributed by atoms with E-state index in [0.29, 0.717) is 13.2 Å². The largest absolute Gasteiger partial charge is 0.465 e. The van der Waals surface area contributed by atoms with Crippen LogP contribution >= 0.6 is 0 Å². The van der Waals surface area contributed by atoms with Crippen molar-refractivity contribution in [1.82, 2.24) is 4.57 Å². The summed E-state index contributed by atoms with van der Waals surface area (Å²) in [5.74, 6) is -0.177. The number of aromatic nitrogens is 1. The zero-order valence-electron chi connectivity index (χ0n) is 10.3. The van der Waals surface area contributed by atoms with E-state index in [1.165, 1.54) is 11.1 Å². The van der Waals surface area contributed by atoms with Crippen LogP contribution in [0.2, 0.25) is 0 Å². The highest BCUT2D eigenvalue weighted by molar-refractivity contribution is 5.83. The summed E-state index contributed by atoms with van der Waals surface area (Å²) in [5, 5.41) is 1.17. The number of fused-ring (bicyclic) bond motifs is 1. The van der Waals surface area contributed by atoms with Crippen molar-refractivity contribution in [2.75, 3.05) is 6.61 Å². The minimum Gasteiger partial charge on any atom is -0.465 e. The van der Waals surface area contributed by atoms with Crippen LogP contribution in [0.4, 0.5) is 0 Å². The predicted octanol–water partition coefficient (Wildman–Crippen LogP) is 2.77. The fraction of sp³-hybridized carbons (Fsp3) is 0.357. The molecule has 3 nitrogen and oxygen atoms in total. The van der Waals surface area contributed by atoms with E-state index in [2.05, 4.69) is 19.1 Å². The molecule has 0 saturated heterocycles. The highest BCUT2D eigenvalue weighted by atomic mass is 16.5. The number of carbonyl (C=O) groups excluding carboxylic acids is 1. The minimum absolute atomic E-state index is 0.177. The van der Waals surface area contributed by atoms with Gasteiger partial charge < -0.3 is 9.30 Å². The topological polar surface area (TPSA) is 31.2 Å². The Morgan fingerprint density at radius 1 is 1.29 bits per heavy atom. The summed E-state index contributed by atoms with van der Waals surface area (Å²) in [5.41, 5.74) is 2.26. The SMILES string of the molecule is CCOC(=O)Cn1c(CC)cc2ccccc21. The first-order valence-electron chi connectivity index (χ1n) is 5.99. The first kappa shape index (κ1) is 11.7. The van der Waals surface area contributed by atoms with Crippen LogP contribution < -0.4 is 0 Å². The molecule has 1 aromatic carbocycles. The third kappa shape index (κ3) is 2.33. The second-order valence-corrected chi connectivity index (χ2v) is 3.94. The van der Waals surface area contributed by atoms with Crippen LogP contribution in [0.1, 0.15) is 19.5 Å². The standard InChI is InChI=1S/C14H17NO2/c1-3-12-9-11-7-5-6-8-13(11)15(12)10-14(16)17-4-2/h5-9H,3-4,10H2,1-2H3. The number of rotatable bonds is 4. The lowest BCUT2D eigenvalue weighted by Gasteiger charge is -2.08. The van der Waals surface area contributed by atoms with Crippen molar-refractivity contribution in [3.63, 3.8) is 0 Å². The number of benzene rings is 1. The smallest absolute Gasteiger partial charge is 0.325 e. The highest BCUT2D eigenvalue weighted by Crippen LogP contribution is 2.20. The Kier molecular flexibility index (Phi) is 3.47. The molecule has 0 bridgehead atoms. The lowest BCUT2D eigenvalue weighted by molar-refractivity contribution is -0.143. The number of ether oxygens (including phenoxy) is 1. The second kappa shape index (κ2) is 5.04. The van der Waals surface area contributed by atoms with Gasteiger partial charge in [-0.1, -0.05) is 25.1 Å².